The second kappa shape index (κ2) is 5.71. The molecule has 4 nitrogen and oxygen atoms in total. The van der Waals surface area contributed by atoms with Crippen molar-refractivity contribution in [1.29, 1.82) is 0 Å². The fourth-order valence-corrected chi connectivity index (χ4v) is 2.90. The lowest BCUT2D eigenvalue weighted by atomic mass is 10.1. The molecule has 2 heterocycles. The van der Waals surface area contributed by atoms with Crippen molar-refractivity contribution < 1.29 is 9.47 Å². The van der Waals surface area contributed by atoms with Gasteiger partial charge in [-0.1, -0.05) is 15.9 Å². The first-order valence-electron chi connectivity index (χ1n) is 6.45. The summed E-state index contributed by atoms with van der Waals surface area (Å²) < 4.78 is 12.1. The molecule has 1 N–H and O–H groups in total. The molecule has 0 saturated heterocycles. The van der Waals surface area contributed by atoms with Gasteiger partial charge in [0.1, 0.15) is 5.75 Å². The number of pyridine rings is 1. The van der Waals surface area contributed by atoms with E-state index in [1.165, 1.54) is 5.56 Å². The molecule has 3 rings (SSSR count). The van der Waals surface area contributed by atoms with Crippen molar-refractivity contribution in [2.24, 2.45) is 0 Å². The summed E-state index contributed by atoms with van der Waals surface area (Å²) in [5.74, 6) is 2.47. The van der Waals surface area contributed by atoms with Crippen LogP contribution >= 0.6 is 15.9 Å². The number of fused-ring (bicyclic) bond motifs is 1. The van der Waals surface area contributed by atoms with Crippen LogP contribution in [-0.4, -0.2) is 18.7 Å². The van der Waals surface area contributed by atoms with E-state index in [1.807, 2.05) is 12.1 Å². The SMILES string of the molecule is COc1cccnc1NCc1cc(Br)cc2c1OCC2. The van der Waals surface area contributed by atoms with Gasteiger partial charge in [-0.15, -0.1) is 0 Å². The molecule has 0 amide bonds. The summed E-state index contributed by atoms with van der Waals surface area (Å²) in [5.41, 5.74) is 2.38. The lowest BCUT2D eigenvalue weighted by Gasteiger charge is -2.12. The number of ether oxygens (including phenoxy) is 2. The molecule has 0 unspecified atom stereocenters. The molecular weight excluding hydrogens is 320 g/mol. The molecule has 0 bridgehead atoms. The monoisotopic (exact) mass is 334 g/mol. The zero-order chi connectivity index (χ0) is 13.9. The van der Waals surface area contributed by atoms with Crippen LogP contribution in [0, 0.1) is 0 Å². The Bertz CT molecular complexity index is 631. The molecule has 0 radical (unpaired) electrons. The quantitative estimate of drug-likeness (QED) is 0.930. The maximum atomic E-state index is 5.72. The summed E-state index contributed by atoms with van der Waals surface area (Å²) in [6.45, 7) is 1.40. The normalized spacial score (nSPS) is 12.7. The molecule has 2 aromatic rings. The molecule has 20 heavy (non-hydrogen) atoms. The molecule has 0 fully saturated rings. The largest absolute Gasteiger partial charge is 0.493 e. The second-order valence-electron chi connectivity index (χ2n) is 4.56. The minimum atomic E-state index is 0.648. The summed E-state index contributed by atoms with van der Waals surface area (Å²) in [4.78, 5) is 4.29. The number of anilines is 1. The van der Waals surface area contributed by atoms with Crippen LogP contribution in [0.4, 0.5) is 5.82 Å². The van der Waals surface area contributed by atoms with Crippen molar-refractivity contribution in [1.82, 2.24) is 4.98 Å². The van der Waals surface area contributed by atoms with Crippen LogP contribution < -0.4 is 14.8 Å². The number of benzene rings is 1. The standard InChI is InChI=1S/C15H15BrN2O2/c1-19-13-3-2-5-17-15(13)18-9-11-8-12(16)7-10-4-6-20-14(10)11/h2-3,5,7-8H,4,6,9H2,1H3,(H,17,18). The molecule has 0 saturated carbocycles. The topological polar surface area (TPSA) is 43.4 Å². The van der Waals surface area contributed by atoms with E-state index < -0.39 is 0 Å². The fraction of sp³-hybridized carbons (Fsp3) is 0.267. The van der Waals surface area contributed by atoms with Gasteiger partial charge >= 0.3 is 0 Å². The Morgan fingerprint density at radius 2 is 2.35 bits per heavy atom. The summed E-state index contributed by atoms with van der Waals surface area (Å²) >= 11 is 3.55. The smallest absolute Gasteiger partial charge is 0.169 e. The second-order valence-corrected chi connectivity index (χ2v) is 5.48. The molecule has 104 valence electrons. The lowest BCUT2D eigenvalue weighted by Crippen LogP contribution is -2.04. The molecule has 1 aromatic heterocycles. The third-order valence-corrected chi connectivity index (χ3v) is 3.72. The number of nitrogens with zero attached hydrogens (tertiary/aromatic N) is 1. The van der Waals surface area contributed by atoms with Gasteiger partial charge in [-0.2, -0.15) is 0 Å². The predicted octanol–water partition coefficient (Wildman–Crippen LogP) is 3.40. The van der Waals surface area contributed by atoms with Gasteiger partial charge in [-0.3, -0.25) is 0 Å². The third kappa shape index (κ3) is 2.58. The van der Waals surface area contributed by atoms with E-state index in [-0.39, 0.29) is 0 Å². The van der Waals surface area contributed by atoms with Crippen LogP contribution in [0.5, 0.6) is 11.5 Å². The maximum Gasteiger partial charge on any atom is 0.169 e. The number of methoxy groups -OCH3 is 1. The average Bonchev–Trinajstić information content (AvgIpc) is 2.93. The van der Waals surface area contributed by atoms with Crippen LogP contribution in [0.15, 0.2) is 34.9 Å². The van der Waals surface area contributed by atoms with Crippen LogP contribution in [0.2, 0.25) is 0 Å². The van der Waals surface area contributed by atoms with Crippen molar-refractivity contribution in [3.05, 3.63) is 46.1 Å². The highest BCUT2D eigenvalue weighted by Crippen LogP contribution is 2.33. The molecule has 0 spiro atoms. The summed E-state index contributed by atoms with van der Waals surface area (Å²) in [6, 6.07) is 7.93. The first-order chi connectivity index (χ1) is 9.78. The van der Waals surface area contributed by atoms with Crippen molar-refractivity contribution in [3.63, 3.8) is 0 Å². The summed E-state index contributed by atoms with van der Waals surface area (Å²) in [7, 11) is 1.64. The Morgan fingerprint density at radius 3 is 3.20 bits per heavy atom. The molecule has 1 aliphatic rings. The summed E-state index contributed by atoms with van der Waals surface area (Å²) in [6.07, 6.45) is 2.71. The van der Waals surface area contributed by atoms with E-state index in [4.69, 9.17) is 9.47 Å². The van der Waals surface area contributed by atoms with E-state index in [2.05, 4.69) is 38.4 Å². The number of nitrogens with one attached hydrogen (secondary N) is 1. The van der Waals surface area contributed by atoms with Crippen molar-refractivity contribution in [3.8, 4) is 11.5 Å². The Labute approximate surface area is 126 Å². The predicted molar refractivity (Wildman–Crippen MR) is 81.5 cm³/mol. The van der Waals surface area contributed by atoms with E-state index in [0.717, 1.165) is 40.4 Å². The number of halogens is 1. The van der Waals surface area contributed by atoms with E-state index in [1.54, 1.807) is 13.3 Å². The van der Waals surface area contributed by atoms with Gasteiger partial charge in [0, 0.05) is 29.2 Å². The van der Waals surface area contributed by atoms with Gasteiger partial charge < -0.3 is 14.8 Å². The fourth-order valence-electron chi connectivity index (χ4n) is 2.34. The Balaban J connectivity index is 1.82. The Kier molecular flexibility index (Phi) is 3.78. The van der Waals surface area contributed by atoms with E-state index in [0.29, 0.717) is 6.54 Å². The zero-order valence-electron chi connectivity index (χ0n) is 11.1. The highest BCUT2D eigenvalue weighted by molar-refractivity contribution is 9.10. The Hall–Kier alpha value is -1.75. The van der Waals surface area contributed by atoms with Gasteiger partial charge in [0.25, 0.3) is 0 Å². The van der Waals surface area contributed by atoms with Gasteiger partial charge in [-0.25, -0.2) is 4.98 Å². The summed E-state index contributed by atoms with van der Waals surface area (Å²) in [5, 5.41) is 3.30. The average molecular weight is 335 g/mol. The number of rotatable bonds is 4. The Morgan fingerprint density at radius 1 is 1.45 bits per heavy atom. The molecule has 5 heteroatoms. The van der Waals surface area contributed by atoms with E-state index in [9.17, 15) is 0 Å². The number of hydrogen-bond donors (Lipinski definition) is 1. The molecule has 1 aromatic carbocycles. The van der Waals surface area contributed by atoms with Gasteiger partial charge in [-0.05, 0) is 29.8 Å². The van der Waals surface area contributed by atoms with Crippen LogP contribution in [0.3, 0.4) is 0 Å². The van der Waals surface area contributed by atoms with Crippen molar-refractivity contribution in [2.75, 3.05) is 19.0 Å². The van der Waals surface area contributed by atoms with Gasteiger partial charge in [0.15, 0.2) is 11.6 Å². The van der Waals surface area contributed by atoms with E-state index >= 15 is 0 Å². The van der Waals surface area contributed by atoms with Crippen LogP contribution in [0.1, 0.15) is 11.1 Å². The van der Waals surface area contributed by atoms with Crippen molar-refractivity contribution >= 4 is 21.7 Å². The zero-order valence-corrected chi connectivity index (χ0v) is 12.7. The molecule has 0 atom stereocenters. The van der Waals surface area contributed by atoms with Crippen LogP contribution in [0.25, 0.3) is 0 Å². The lowest BCUT2D eigenvalue weighted by molar-refractivity contribution is 0.353. The van der Waals surface area contributed by atoms with Crippen molar-refractivity contribution in [2.45, 2.75) is 13.0 Å². The minimum absolute atomic E-state index is 0.648. The van der Waals surface area contributed by atoms with Gasteiger partial charge in [0.2, 0.25) is 0 Å². The highest BCUT2D eigenvalue weighted by Gasteiger charge is 2.17. The highest BCUT2D eigenvalue weighted by atomic mass is 79.9. The molecule has 1 aliphatic heterocycles. The number of hydrogen-bond acceptors (Lipinski definition) is 4. The van der Waals surface area contributed by atoms with Gasteiger partial charge in [0.05, 0.1) is 13.7 Å². The maximum absolute atomic E-state index is 5.72. The minimum Gasteiger partial charge on any atom is -0.493 e. The van der Waals surface area contributed by atoms with Crippen LogP contribution in [-0.2, 0) is 13.0 Å². The third-order valence-electron chi connectivity index (χ3n) is 3.26. The number of aromatic nitrogens is 1. The molecular formula is C15H15BrN2O2. The first-order valence-corrected chi connectivity index (χ1v) is 7.24. The first kappa shape index (κ1) is 13.2. The molecule has 0 aliphatic carbocycles.